The minimum absolute atomic E-state index is 0.172. The first-order valence-electron chi connectivity index (χ1n) is 3.89. The van der Waals surface area contributed by atoms with Crippen LogP contribution >= 0.6 is 23.6 Å². The van der Waals surface area contributed by atoms with Crippen molar-refractivity contribution in [2.24, 2.45) is 10.7 Å². The van der Waals surface area contributed by atoms with Crippen LogP contribution in [0.5, 0.6) is 5.88 Å². The Morgan fingerprint density at radius 2 is 2.25 bits per heavy atom. The Hall–Kier alpha value is -1.74. The van der Waals surface area contributed by atoms with E-state index in [1.54, 1.807) is 0 Å². The quantitative estimate of drug-likeness (QED) is 0.543. The molecule has 16 heavy (non-hydrogen) atoms. The highest BCUT2D eigenvalue weighted by Gasteiger charge is 2.12. The number of nitrogens with two attached hydrogens (primary N) is 1. The van der Waals surface area contributed by atoms with Gasteiger partial charge in [0.2, 0.25) is 5.88 Å². The van der Waals surface area contributed by atoms with Gasteiger partial charge in [-0.2, -0.15) is 0 Å². The van der Waals surface area contributed by atoms with Crippen LogP contribution in [0.3, 0.4) is 0 Å². The second-order valence-electron chi connectivity index (χ2n) is 2.63. The Morgan fingerprint density at radius 1 is 1.62 bits per heavy atom. The summed E-state index contributed by atoms with van der Waals surface area (Å²) in [6.45, 7) is -0.453. The number of amides is 2. The van der Waals surface area contributed by atoms with Crippen LogP contribution in [0.2, 0.25) is 0 Å². The molecule has 0 aliphatic heterocycles. The lowest BCUT2D eigenvalue weighted by Crippen LogP contribution is -2.08. The molecule has 7 nitrogen and oxygen atoms in total. The van der Waals surface area contributed by atoms with Gasteiger partial charge < -0.3 is 15.9 Å². The van der Waals surface area contributed by atoms with E-state index in [1.807, 2.05) is 0 Å². The minimum Gasteiger partial charge on any atom is -0.493 e. The van der Waals surface area contributed by atoms with E-state index < -0.39 is 18.5 Å². The number of hydrogen-bond acceptors (Lipinski definition) is 5. The van der Waals surface area contributed by atoms with Gasteiger partial charge in [0, 0.05) is 0 Å². The van der Waals surface area contributed by atoms with Crippen LogP contribution in [0, 0.1) is 3.95 Å². The third-order valence-electron chi connectivity index (χ3n) is 1.50. The lowest BCUT2D eigenvalue weighted by Gasteiger charge is -1.98. The fraction of sp³-hybridized carbons (Fsp3) is 0.143. The first kappa shape index (κ1) is 12.3. The molecule has 4 N–H and O–H groups in total. The highest BCUT2D eigenvalue weighted by atomic mass is 32.1. The fourth-order valence-electron chi connectivity index (χ4n) is 0.895. The lowest BCUT2D eigenvalue weighted by molar-refractivity contribution is -0.137. The maximum absolute atomic E-state index is 10.5. The van der Waals surface area contributed by atoms with Gasteiger partial charge in [0.25, 0.3) is 0 Å². The predicted molar refractivity (Wildman–Crippen MR) is 59.6 cm³/mol. The summed E-state index contributed by atoms with van der Waals surface area (Å²) < 4.78 is 1.19. The smallest absolute Gasteiger partial charge is 0.338 e. The van der Waals surface area contributed by atoms with Crippen LogP contribution in [-0.4, -0.2) is 33.0 Å². The van der Waals surface area contributed by atoms with E-state index >= 15 is 0 Å². The number of aromatic hydroxyl groups is 1. The number of aliphatic imine (C=N–C) groups is 1. The summed E-state index contributed by atoms with van der Waals surface area (Å²) in [5, 5.41) is 18.1. The molecule has 1 rings (SSSR count). The van der Waals surface area contributed by atoms with E-state index in [1.165, 1.54) is 0 Å². The summed E-state index contributed by atoms with van der Waals surface area (Å²) >= 11 is 5.77. The predicted octanol–water partition coefficient (Wildman–Crippen LogP) is 0.567. The largest absolute Gasteiger partial charge is 0.493 e. The van der Waals surface area contributed by atoms with Gasteiger partial charge in [-0.05, 0) is 12.2 Å². The highest BCUT2D eigenvalue weighted by Crippen LogP contribution is 2.23. The maximum atomic E-state index is 10.5. The van der Waals surface area contributed by atoms with Gasteiger partial charge in [0.15, 0.2) is 3.95 Å². The molecule has 86 valence electrons. The molecule has 1 heterocycles. The van der Waals surface area contributed by atoms with Crippen molar-refractivity contribution in [1.82, 2.24) is 4.57 Å². The number of aromatic nitrogens is 1. The zero-order valence-corrected chi connectivity index (χ0v) is 9.42. The zero-order valence-electron chi connectivity index (χ0n) is 7.78. The Morgan fingerprint density at radius 3 is 2.75 bits per heavy atom. The van der Waals surface area contributed by atoms with Crippen molar-refractivity contribution >= 4 is 41.8 Å². The molecular weight excluding hydrogens is 254 g/mol. The molecule has 0 aliphatic rings. The summed E-state index contributed by atoms with van der Waals surface area (Å²) in [7, 11) is 0. The van der Waals surface area contributed by atoms with E-state index in [-0.39, 0.29) is 14.7 Å². The second kappa shape index (κ2) is 4.86. The minimum atomic E-state index is -1.14. The van der Waals surface area contributed by atoms with Crippen molar-refractivity contribution in [2.75, 3.05) is 0 Å². The van der Waals surface area contributed by atoms with E-state index in [9.17, 15) is 14.7 Å². The first-order chi connectivity index (χ1) is 7.41. The van der Waals surface area contributed by atoms with E-state index in [0.717, 1.165) is 22.1 Å². The van der Waals surface area contributed by atoms with Crippen LogP contribution in [-0.2, 0) is 11.3 Å². The topological polar surface area (TPSA) is 118 Å². The number of aliphatic carboxylic acids is 1. The molecule has 0 fully saturated rings. The van der Waals surface area contributed by atoms with Gasteiger partial charge in [-0.1, -0.05) is 11.3 Å². The Balaban J connectivity index is 3.11. The van der Waals surface area contributed by atoms with Crippen LogP contribution < -0.4 is 5.73 Å². The molecule has 0 saturated carbocycles. The summed E-state index contributed by atoms with van der Waals surface area (Å²) in [4.78, 5) is 24.3. The van der Waals surface area contributed by atoms with Crippen molar-refractivity contribution < 1.29 is 19.8 Å². The summed E-state index contributed by atoms with van der Waals surface area (Å²) in [6.07, 6.45) is 1.04. The number of carboxylic acids is 1. The number of carbonyl (C=O) groups is 2. The molecule has 0 bridgehead atoms. The molecule has 1 aromatic rings. The molecule has 9 heteroatoms. The number of primary amides is 1. The molecule has 0 saturated heterocycles. The van der Waals surface area contributed by atoms with E-state index in [0.29, 0.717) is 0 Å². The third-order valence-corrected chi connectivity index (χ3v) is 2.87. The maximum Gasteiger partial charge on any atom is 0.338 e. The van der Waals surface area contributed by atoms with Gasteiger partial charge in [-0.3, -0.25) is 9.36 Å². The molecule has 2 amide bonds. The van der Waals surface area contributed by atoms with Crippen molar-refractivity contribution in [3.8, 4) is 5.88 Å². The number of carbonyl (C=O) groups excluding carboxylic acids is 1. The van der Waals surface area contributed by atoms with Crippen molar-refractivity contribution in [3.63, 3.8) is 0 Å². The molecule has 0 radical (unpaired) electrons. The number of carboxylic acid groups (broad SMARTS) is 1. The number of nitrogens with zero attached hydrogens (tertiary/aromatic N) is 2. The third kappa shape index (κ3) is 2.87. The van der Waals surface area contributed by atoms with Crippen LogP contribution in [0.1, 0.15) is 4.88 Å². The van der Waals surface area contributed by atoms with Crippen molar-refractivity contribution in [2.45, 2.75) is 6.54 Å². The van der Waals surface area contributed by atoms with Gasteiger partial charge in [0.05, 0.1) is 6.21 Å². The van der Waals surface area contributed by atoms with Gasteiger partial charge in [0.1, 0.15) is 11.4 Å². The van der Waals surface area contributed by atoms with Crippen molar-refractivity contribution in [1.29, 1.82) is 0 Å². The zero-order chi connectivity index (χ0) is 12.3. The molecule has 0 unspecified atom stereocenters. The van der Waals surface area contributed by atoms with Crippen molar-refractivity contribution in [3.05, 3.63) is 8.83 Å². The molecule has 0 spiro atoms. The average Bonchev–Trinajstić information content (AvgIpc) is 2.42. The fourth-order valence-corrected chi connectivity index (χ4v) is 2.07. The number of hydrogen-bond donors (Lipinski definition) is 3. The standard InChI is InChI=1S/C7H7N3O4S2/c8-6(14)9-1-3-5(13)10(2-4(11)12)7(15)16-3/h1,13H,2H2,(H2,8,14)(H,11,12)/b9-1+. The Labute approximate surface area is 98.5 Å². The van der Waals surface area contributed by atoms with E-state index in [4.69, 9.17) is 23.1 Å². The number of urea groups is 1. The Kier molecular flexibility index (Phi) is 3.74. The van der Waals surface area contributed by atoms with E-state index in [2.05, 4.69) is 4.99 Å². The Bertz CT molecular complexity index is 516. The second-order valence-corrected chi connectivity index (χ2v) is 4.31. The molecular formula is C7H7N3O4S2. The van der Waals surface area contributed by atoms with Gasteiger partial charge in [-0.25, -0.2) is 9.79 Å². The molecule has 0 atom stereocenters. The lowest BCUT2D eigenvalue weighted by atomic mass is 10.5. The highest BCUT2D eigenvalue weighted by molar-refractivity contribution is 7.73. The summed E-state index contributed by atoms with van der Waals surface area (Å²) in [6, 6.07) is -0.913. The van der Waals surface area contributed by atoms with Gasteiger partial charge in [-0.15, -0.1) is 0 Å². The first-order valence-corrected chi connectivity index (χ1v) is 5.12. The number of rotatable bonds is 3. The van der Waals surface area contributed by atoms with Crippen LogP contribution in [0.15, 0.2) is 4.99 Å². The normalized spacial score (nSPS) is 10.8. The summed E-state index contributed by atoms with van der Waals surface area (Å²) in [5.41, 5.74) is 4.78. The summed E-state index contributed by atoms with van der Waals surface area (Å²) in [5.74, 6) is -1.48. The SMILES string of the molecule is NC(=O)/N=C/c1sc(=S)n(CC(=O)O)c1O. The number of thiazole rings is 1. The van der Waals surface area contributed by atoms with Crippen LogP contribution in [0.25, 0.3) is 0 Å². The van der Waals surface area contributed by atoms with Gasteiger partial charge >= 0.3 is 12.0 Å². The van der Waals surface area contributed by atoms with Crippen LogP contribution in [0.4, 0.5) is 4.79 Å². The molecule has 1 aromatic heterocycles. The monoisotopic (exact) mass is 261 g/mol. The molecule has 0 aromatic carbocycles. The molecule has 0 aliphatic carbocycles. The average molecular weight is 261 g/mol.